The zero-order valence-corrected chi connectivity index (χ0v) is 14.5. The first-order valence-corrected chi connectivity index (χ1v) is 8.54. The molecular formula is C20H21N3O2. The van der Waals surface area contributed by atoms with Crippen LogP contribution in [0, 0.1) is 6.92 Å². The van der Waals surface area contributed by atoms with Gasteiger partial charge in [-0.3, -0.25) is 4.79 Å². The molecule has 25 heavy (non-hydrogen) atoms. The minimum absolute atomic E-state index is 0.0653. The van der Waals surface area contributed by atoms with Crippen LogP contribution in [-0.4, -0.2) is 46.7 Å². The minimum Gasteiger partial charge on any atom is -0.378 e. The van der Waals surface area contributed by atoms with E-state index >= 15 is 0 Å². The molecule has 0 radical (unpaired) electrons. The number of hydrogen-bond donors (Lipinski definition) is 0. The van der Waals surface area contributed by atoms with Crippen LogP contribution in [0.25, 0.3) is 22.4 Å². The average molecular weight is 335 g/mol. The Balaban J connectivity index is 1.64. The Bertz CT molecular complexity index is 922. The molecular weight excluding hydrogens is 314 g/mol. The zero-order valence-electron chi connectivity index (χ0n) is 14.5. The number of nitrogens with zero attached hydrogens (tertiary/aromatic N) is 3. The van der Waals surface area contributed by atoms with E-state index in [-0.39, 0.29) is 5.91 Å². The Morgan fingerprint density at radius 3 is 2.52 bits per heavy atom. The second kappa shape index (κ2) is 6.33. The van der Waals surface area contributed by atoms with Gasteiger partial charge >= 0.3 is 0 Å². The third kappa shape index (κ3) is 2.91. The van der Waals surface area contributed by atoms with Crippen LogP contribution in [0.4, 0.5) is 0 Å². The molecule has 1 saturated heterocycles. The summed E-state index contributed by atoms with van der Waals surface area (Å²) < 4.78 is 7.40. The predicted octanol–water partition coefficient (Wildman–Crippen LogP) is 3.02. The second-order valence-electron chi connectivity index (χ2n) is 6.47. The lowest BCUT2D eigenvalue weighted by atomic mass is 10.1. The number of aromatic nitrogens is 2. The molecule has 128 valence electrons. The van der Waals surface area contributed by atoms with Crippen LogP contribution in [0.1, 0.15) is 15.9 Å². The molecule has 0 atom stereocenters. The molecule has 3 aromatic rings. The molecule has 4 rings (SSSR count). The van der Waals surface area contributed by atoms with Gasteiger partial charge in [0.2, 0.25) is 0 Å². The van der Waals surface area contributed by atoms with Gasteiger partial charge in [-0.15, -0.1) is 0 Å². The maximum Gasteiger partial charge on any atom is 0.254 e. The monoisotopic (exact) mass is 335 g/mol. The minimum atomic E-state index is 0.0653. The van der Waals surface area contributed by atoms with Crippen molar-refractivity contribution >= 4 is 16.9 Å². The summed E-state index contributed by atoms with van der Waals surface area (Å²) in [6.07, 6.45) is 0. The third-order valence-electron chi connectivity index (χ3n) is 4.72. The summed E-state index contributed by atoms with van der Waals surface area (Å²) in [4.78, 5) is 19.1. The lowest BCUT2D eigenvalue weighted by molar-refractivity contribution is 0.0303. The van der Waals surface area contributed by atoms with E-state index in [2.05, 4.69) is 29.7 Å². The maximum atomic E-state index is 12.5. The largest absolute Gasteiger partial charge is 0.378 e. The Hall–Kier alpha value is -2.66. The van der Waals surface area contributed by atoms with E-state index in [9.17, 15) is 4.79 Å². The van der Waals surface area contributed by atoms with Crippen molar-refractivity contribution in [2.24, 2.45) is 7.05 Å². The standard InChI is InChI=1S/C20H21N3O2/c1-14-3-8-18-17(13-14)21-19(22(18)2)15-4-6-16(7-5-15)20(24)23-9-11-25-12-10-23/h3-8,13H,9-12H2,1-2H3. The number of rotatable bonds is 2. The quantitative estimate of drug-likeness (QED) is 0.723. The summed E-state index contributed by atoms with van der Waals surface area (Å²) in [6.45, 7) is 4.61. The van der Waals surface area contributed by atoms with Crippen molar-refractivity contribution in [2.75, 3.05) is 26.3 Å². The van der Waals surface area contributed by atoms with Crippen molar-refractivity contribution in [1.82, 2.24) is 14.5 Å². The van der Waals surface area contributed by atoms with Crippen molar-refractivity contribution in [3.8, 4) is 11.4 Å². The highest BCUT2D eigenvalue weighted by Gasteiger charge is 2.18. The molecule has 1 aliphatic rings. The molecule has 1 amide bonds. The van der Waals surface area contributed by atoms with Gasteiger partial charge in [0.25, 0.3) is 5.91 Å². The summed E-state index contributed by atoms with van der Waals surface area (Å²) in [6, 6.07) is 14.0. The SMILES string of the molecule is Cc1ccc2c(c1)nc(-c1ccc(C(=O)N3CCOCC3)cc1)n2C. The molecule has 5 nitrogen and oxygen atoms in total. The number of benzene rings is 2. The molecule has 0 bridgehead atoms. The molecule has 0 saturated carbocycles. The topological polar surface area (TPSA) is 47.4 Å². The summed E-state index contributed by atoms with van der Waals surface area (Å²) in [5.41, 5.74) is 5.01. The fourth-order valence-corrected chi connectivity index (χ4v) is 3.28. The molecule has 2 aromatic carbocycles. The van der Waals surface area contributed by atoms with E-state index in [0.29, 0.717) is 31.9 Å². The Morgan fingerprint density at radius 2 is 1.80 bits per heavy atom. The molecule has 2 heterocycles. The van der Waals surface area contributed by atoms with Crippen LogP contribution in [0.15, 0.2) is 42.5 Å². The van der Waals surface area contributed by atoms with E-state index in [1.165, 1.54) is 5.56 Å². The molecule has 0 spiro atoms. The fraction of sp³-hybridized carbons (Fsp3) is 0.300. The fourth-order valence-electron chi connectivity index (χ4n) is 3.28. The van der Waals surface area contributed by atoms with Gasteiger partial charge in [-0.05, 0) is 36.8 Å². The maximum absolute atomic E-state index is 12.5. The molecule has 1 aliphatic heterocycles. The Kier molecular flexibility index (Phi) is 4.01. The number of hydrogen-bond acceptors (Lipinski definition) is 3. The first-order chi connectivity index (χ1) is 12.1. The number of fused-ring (bicyclic) bond motifs is 1. The van der Waals surface area contributed by atoms with E-state index < -0.39 is 0 Å². The van der Waals surface area contributed by atoms with E-state index in [1.54, 1.807) is 0 Å². The van der Waals surface area contributed by atoms with Gasteiger partial charge in [-0.1, -0.05) is 18.2 Å². The van der Waals surface area contributed by atoms with Gasteiger partial charge in [-0.25, -0.2) is 4.98 Å². The van der Waals surface area contributed by atoms with Crippen molar-refractivity contribution in [1.29, 1.82) is 0 Å². The summed E-state index contributed by atoms with van der Waals surface area (Å²) >= 11 is 0. The van der Waals surface area contributed by atoms with Gasteiger partial charge in [-0.2, -0.15) is 0 Å². The molecule has 1 fully saturated rings. The van der Waals surface area contributed by atoms with Crippen molar-refractivity contribution < 1.29 is 9.53 Å². The average Bonchev–Trinajstić information content (AvgIpc) is 2.98. The molecule has 5 heteroatoms. The smallest absolute Gasteiger partial charge is 0.254 e. The number of amides is 1. The molecule has 0 N–H and O–H groups in total. The molecule has 0 aliphatic carbocycles. The third-order valence-corrected chi connectivity index (χ3v) is 4.72. The highest BCUT2D eigenvalue weighted by atomic mass is 16.5. The molecule has 1 aromatic heterocycles. The van der Waals surface area contributed by atoms with Gasteiger partial charge in [0.05, 0.1) is 24.2 Å². The lowest BCUT2D eigenvalue weighted by Gasteiger charge is -2.26. The first-order valence-electron chi connectivity index (χ1n) is 8.54. The van der Waals surface area contributed by atoms with Crippen LogP contribution in [0.3, 0.4) is 0 Å². The normalized spacial score (nSPS) is 14.9. The predicted molar refractivity (Wildman–Crippen MR) is 97.6 cm³/mol. The van der Waals surface area contributed by atoms with Crippen LogP contribution in [-0.2, 0) is 11.8 Å². The zero-order chi connectivity index (χ0) is 17.4. The van der Waals surface area contributed by atoms with Gasteiger partial charge in [0.15, 0.2) is 0 Å². The van der Waals surface area contributed by atoms with Crippen molar-refractivity contribution in [2.45, 2.75) is 6.92 Å². The van der Waals surface area contributed by atoms with Crippen LogP contribution >= 0.6 is 0 Å². The number of carbonyl (C=O) groups excluding carboxylic acids is 1. The summed E-state index contributed by atoms with van der Waals surface area (Å²) in [5.74, 6) is 0.974. The van der Waals surface area contributed by atoms with E-state index in [0.717, 1.165) is 22.4 Å². The van der Waals surface area contributed by atoms with E-state index in [1.807, 2.05) is 36.2 Å². The number of morpholine rings is 1. The lowest BCUT2D eigenvalue weighted by Crippen LogP contribution is -2.40. The summed E-state index contributed by atoms with van der Waals surface area (Å²) in [5, 5.41) is 0. The van der Waals surface area contributed by atoms with Crippen LogP contribution in [0.5, 0.6) is 0 Å². The van der Waals surface area contributed by atoms with Crippen molar-refractivity contribution in [3.63, 3.8) is 0 Å². The highest BCUT2D eigenvalue weighted by Crippen LogP contribution is 2.25. The van der Waals surface area contributed by atoms with Gasteiger partial charge < -0.3 is 14.2 Å². The highest BCUT2D eigenvalue weighted by molar-refractivity contribution is 5.94. The van der Waals surface area contributed by atoms with Crippen LogP contribution in [0.2, 0.25) is 0 Å². The number of imidazole rings is 1. The van der Waals surface area contributed by atoms with Gasteiger partial charge in [0.1, 0.15) is 5.82 Å². The number of carbonyl (C=O) groups is 1. The summed E-state index contributed by atoms with van der Waals surface area (Å²) in [7, 11) is 2.02. The number of ether oxygens (including phenoxy) is 1. The number of aryl methyl sites for hydroxylation is 2. The first kappa shape index (κ1) is 15.8. The van der Waals surface area contributed by atoms with Gasteiger partial charge in [0, 0.05) is 31.3 Å². The van der Waals surface area contributed by atoms with Crippen molar-refractivity contribution in [3.05, 3.63) is 53.6 Å². The Labute approximate surface area is 146 Å². The van der Waals surface area contributed by atoms with Crippen LogP contribution < -0.4 is 0 Å². The Morgan fingerprint density at radius 1 is 1.08 bits per heavy atom. The second-order valence-corrected chi connectivity index (χ2v) is 6.47. The van der Waals surface area contributed by atoms with E-state index in [4.69, 9.17) is 9.72 Å². The molecule has 0 unspecified atom stereocenters.